The minimum atomic E-state index is 0.953. The number of nitrogens with one attached hydrogen (secondary N) is 1. The fourth-order valence-electron chi connectivity index (χ4n) is 1.80. The zero-order chi connectivity index (χ0) is 11.2. The van der Waals surface area contributed by atoms with Crippen LogP contribution in [0.25, 0.3) is 6.08 Å². The average Bonchev–Trinajstić information content (AvgIpc) is 2.33. The van der Waals surface area contributed by atoms with E-state index in [1.807, 2.05) is 13.1 Å². The van der Waals surface area contributed by atoms with Crippen LogP contribution in [0.1, 0.15) is 12.0 Å². The van der Waals surface area contributed by atoms with Crippen LogP contribution in [0.4, 0.5) is 0 Å². The second-order valence-corrected chi connectivity index (χ2v) is 3.98. The highest BCUT2D eigenvalue weighted by Gasteiger charge is 2.00. The average molecular weight is 211 g/mol. The summed E-state index contributed by atoms with van der Waals surface area (Å²) in [5.41, 5.74) is 4.01. The number of allylic oxidation sites excluding steroid dienone is 3. The molecule has 0 saturated heterocycles. The van der Waals surface area contributed by atoms with Gasteiger partial charge in [-0.3, -0.25) is 0 Å². The van der Waals surface area contributed by atoms with E-state index in [0.717, 1.165) is 13.0 Å². The Kier molecular flexibility index (Phi) is 3.73. The Bertz CT molecular complexity index is 424. The lowest BCUT2D eigenvalue weighted by atomic mass is 10.00. The summed E-state index contributed by atoms with van der Waals surface area (Å²) < 4.78 is 0. The Morgan fingerprint density at radius 2 is 2.00 bits per heavy atom. The molecule has 0 aliphatic heterocycles. The first-order valence-electron chi connectivity index (χ1n) is 5.66. The minimum absolute atomic E-state index is 0.953. The van der Waals surface area contributed by atoms with E-state index in [0.29, 0.717) is 0 Å². The van der Waals surface area contributed by atoms with Gasteiger partial charge < -0.3 is 5.32 Å². The molecule has 1 heteroatoms. The van der Waals surface area contributed by atoms with Gasteiger partial charge in [0.2, 0.25) is 0 Å². The topological polar surface area (TPSA) is 12.0 Å². The second-order valence-electron chi connectivity index (χ2n) is 3.98. The van der Waals surface area contributed by atoms with Crippen LogP contribution in [0, 0.1) is 0 Å². The SMILES string of the molecule is CNCC1=CCC(=Cc2ccccc2)C=C1. The van der Waals surface area contributed by atoms with Crippen molar-refractivity contribution in [3.05, 3.63) is 65.3 Å². The molecule has 16 heavy (non-hydrogen) atoms. The van der Waals surface area contributed by atoms with Gasteiger partial charge in [-0.1, -0.05) is 54.6 Å². The summed E-state index contributed by atoms with van der Waals surface area (Å²) in [6, 6.07) is 10.5. The highest BCUT2D eigenvalue weighted by molar-refractivity contribution is 5.58. The summed E-state index contributed by atoms with van der Waals surface area (Å²) in [5.74, 6) is 0. The first kappa shape index (κ1) is 10.9. The summed E-state index contributed by atoms with van der Waals surface area (Å²) in [6.45, 7) is 0.953. The quantitative estimate of drug-likeness (QED) is 0.809. The van der Waals surface area contributed by atoms with E-state index in [1.165, 1.54) is 16.7 Å². The zero-order valence-electron chi connectivity index (χ0n) is 9.61. The first-order valence-corrected chi connectivity index (χ1v) is 5.66. The summed E-state index contributed by atoms with van der Waals surface area (Å²) in [4.78, 5) is 0. The van der Waals surface area contributed by atoms with Gasteiger partial charge in [-0.25, -0.2) is 0 Å². The molecule has 0 saturated carbocycles. The highest BCUT2D eigenvalue weighted by Crippen LogP contribution is 2.18. The van der Waals surface area contributed by atoms with Crippen molar-refractivity contribution in [2.24, 2.45) is 0 Å². The van der Waals surface area contributed by atoms with Gasteiger partial charge in [0, 0.05) is 6.54 Å². The van der Waals surface area contributed by atoms with Crippen LogP contribution < -0.4 is 5.32 Å². The van der Waals surface area contributed by atoms with Gasteiger partial charge in [-0.15, -0.1) is 0 Å². The van der Waals surface area contributed by atoms with Gasteiger partial charge in [0.05, 0.1) is 0 Å². The molecule has 2 rings (SSSR count). The molecule has 1 N–H and O–H groups in total. The van der Waals surface area contributed by atoms with Crippen LogP contribution in [0.3, 0.4) is 0 Å². The Labute approximate surface area is 97.2 Å². The number of hydrogen-bond donors (Lipinski definition) is 1. The van der Waals surface area contributed by atoms with Gasteiger partial charge in [0.15, 0.2) is 0 Å². The predicted molar refractivity (Wildman–Crippen MR) is 70.2 cm³/mol. The Hall–Kier alpha value is -1.60. The molecule has 1 nitrogen and oxygen atoms in total. The lowest BCUT2D eigenvalue weighted by Crippen LogP contribution is -2.10. The van der Waals surface area contributed by atoms with E-state index in [4.69, 9.17) is 0 Å². The maximum atomic E-state index is 3.16. The van der Waals surface area contributed by atoms with Crippen molar-refractivity contribution in [3.63, 3.8) is 0 Å². The first-order chi connectivity index (χ1) is 7.88. The fourth-order valence-corrected chi connectivity index (χ4v) is 1.80. The highest BCUT2D eigenvalue weighted by atomic mass is 14.8. The van der Waals surface area contributed by atoms with E-state index < -0.39 is 0 Å². The zero-order valence-corrected chi connectivity index (χ0v) is 9.61. The van der Waals surface area contributed by atoms with E-state index in [9.17, 15) is 0 Å². The third-order valence-corrected chi connectivity index (χ3v) is 2.64. The summed E-state index contributed by atoms with van der Waals surface area (Å²) >= 11 is 0. The molecule has 82 valence electrons. The molecule has 1 aromatic carbocycles. The van der Waals surface area contributed by atoms with Crippen molar-refractivity contribution in [2.75, 3.05) is 13.6 Å². The second kappa shape index (κ2) is 5.47. The van der Waals surface area contributed by atoms with Crippen LogP contribution in [0.15, 0.2) is 59.7 Å². The molecule has 0 radical (unpaired) electrons. The van der Waals surface area contributed by atoms with E-state index in [-0.39, 0.29) is 0 Å². The fraction of sp³-hybridized carbons (Fsp3) is 0.200. The third-order valence-electron chi connectivity index (χ3n) is 2.64. The molecule has 0 amide bonds. The van der Waals surface area contributed by atoms with Crippen LogP contribution >= 0.6 is 0 Å². The van der Waals surface area contributed by atoms with Crippen LogP contribution in [-0.2, 0) is 0 Å². The molecular formula is C15H17N. The number of rotatable bonds is 3. The van der Waals surface area contributed by atoms with E-state index in [1.54, 1.807) is 0 Å². The van der Waals surface area contributed by atoms with Gasteiger partial charge in [-0.05, 0) is 30.2 Å². The molecule has 0 atom stereocenters. The van der Waals surface area contributed by atoms with Gasteiger partial charge in [0.25, 0.3) is 0 Å². The molecule has 0 spiro atoms. The smallest absolute Gasteiger partial charge is 0.0199 e. The number of benzene rings is 1. The molecule has 1 aliphatic carbocycles. The molecule has 0 heterocycles. The Balaban J connectivity index is 2.05. The number of likely N-dealkylation sites (N-methyl/N-ethyl adjacent to an activating group) is 1. The number of hydrogen-bond acceptors (Lipinski definition) is 1. The van der Waals surface area contributed by atoms with Crippen molar-refractivity contribution in [2.45, 2.75) is 6.42 Å². The van der Waals surface area contributed by atoms with Crippen molar-refractivity contribution >= 4 is 6.08 Å². The van der Waals surface area contributed by atoms with Crippen molar-refractivity contribution in [1.82, 2.24) is 5.32 Å². The largest absolute Gasteiger partial charge is 0.316 e. The standard InChI is InChI=1S/C15H17N/c1-16-12-15-9-7-14(8-10-15)11-13-5-3-2-4-6-13/h2-7,9-11,16H,8,12H2,1H3. The molecule has 0 unspecified atom stereocenters. The third kappa shape index (κ3) is 2.94. The predicted octanol–water partition coefficient (Wildman–Crippen LogP) is 3.18. The molecule has 1 aliphatic rings. The van der Waals surface area contributed by atoms with Crippen LogP contribution in [-0.4, -0.2) is 13.6 Å². The Morgan fingerprint density at radius 1 is 1.19 bits per heavy atom. The van der Waals surface area contributed by atoms with Gasteiger partial charge >= 0.3 is 0 Å². The normalized spacial score (nSPS) is 17.6. The maximum Gasteiger partial charge on any atom is 0.0199 e. The van der Waals surface area contributed by atoms with Crippen LogP contribution in [0.2, 0.25) is 0 Å². The Morgan fingerprint density at radius 3 is 2.62 bits per heavy atom. The van der Waals surface area contributed by atoms with E-state index >= 15 is 0 Å². The summed E-state index contributed by atoms with van der Waals surface area (Å²) in [6.07, 6.45) is 9.95. The summed E-state index contributed by atoms with van der Waals surface area (Å²) in [5, 5.41) is 3.16. The monoisotopic (exact) mass is 211 g/mol. The van der Waals surface area contributed by atoms with Gasteiger partial charge in [-0.2, -0.15) is 0 Å². The lowest BCUT2D eigenvalue weighted by Gasteiger charge is -2.08. The van der Waals surface area contributed by atoms with Crippen LogP contribution in [0.5, 0.6) is 0 Å². The van der Waals surface area contributed by atoms with E-state index in [2.05, 4.69) is 53.9 Å². The van der Waals surface area contributed by atoms with Crippen molar-refractivity contribution in [3.8, 4) is 0 Å². The lowest BCUT2D eigenvalue weighted by molar-refractivity contribution is 0.888. The molecule has 0 aromatic heterocycles. The van der Waals surface area contributed by atoms with Crippen molar-refractivity contribution < 1.29 is 0 Å². The minimum Gasteiger partial charge on any atom is -0.316 e. The molecule has 0 fully saturated rings. The van der Waals surface area contributed by atoms with Crippen molar-refractivity contribution in [1.29, 1.82) is 0 Å². The molecule has 1 aromatic rings. The van der Waals surface area contributed by atoms with Gasteiger partial charge in [0.1, 0.15) is 0 Å². The molecular weight excluding hydrogens is 194 g/mol. The summed E-state index contributed by atoms with van der Waals surface area (Å²) in [7, 11) is 1.98. The maximum absolute atomic E-state index is 3.16. The molecule has 0 bridgehead atoms.